The van der Waals surface area contributed by atoms with Crippen molar-refractivity contribution in [2.75, 3.05) is 23.5 Å². The average Bonchev–Trinajstić information content (AvgIpc) is 2.83. The molecule has 0 spiro atoms. The molecule has 1 aromatic carbocycles. The van der Waals surface area contributed by atoms with Crippen LogP contribution in [-0.4, -0.2) is 67.3 Å². The van der Waals surface area contributed by atoms with Crippen LogP contribution in [0.25, 0.3) is 0 Å². The number of thioether (sulfide) groups is 1. The van der Waals surface area contributed by atoms with Gasteiger partial charge in [-0.2, -0.15) is 0 Å². The molecule has 0 saturated carbocycles. The number of allylic oxidation sites excluding steroid dienone is 1. The maximum atomic E-state index is 13.0. The van der Waals surface area contributed by atoms with E-state index in [1.54, 1.807) is 32.9 Å². The van der Waals surface area contributed by atoms with Gasteiger partial charge in [0.15, 0.2) is 0 Å². The number of esters is 2. The minimum absolute atomic E-state index is 0.0325. The van der Waals surface area contributed by atoms with Gasteiger partial charge in [-0.15, -0.1) is 11.8 Å². The predicted octanol–water partition coefficient (Wildman–Crippen LogP) is 0.988. The van der Waals surface area contributed by atoms with Crippen LogP contribution in [0.4, 0.5) is 5.69 Å². The zero-order valence-electron chi connectivity index (χ0n) is 21.3. The number of sulfonamides is 1. The number of ether oxygens (including phenoxy) is 2. The molecule has 1 aromatic rings. The van der Waals surface area contributed by atoms with Gasteiger partial charge in [0.2, 0.25) is 22.7 Å². The first-order valence-corrected chi connectivity index (χ1v) is 14.4. The van der Waals surface area contributed by atoms with Crippen molar-refractivity contribution in [3.8, 4) is 0 Å². The highest BCUT2D eigenvalue weighted by Crippen LogP contribution is 2.41. The summed E-state index contributed by atoms with van der Waals surface area (Å²) in [5.41, 5.74) is 6.30. The Morgan fingerprint density at radius 3 is 2.58 bits per heavy atom. The van der Waals surface area contributed by atoms with Crippen molar-refractivity contribution in [1.82, 2.24) is 10.2 Å². The number of benzene rings is 1. The molecular weight excluding hydrogens is 536 g/mol. The fourth-order valence-electron chi connectivity index (χ4n) is 3.61. The van der Waals surface area contributed by atoms with Crippen molar-refractivity contribution in [2.45, 2.75) is 38.2 Å². The van der Waals surface area contributed by atoms with E-state index in [1.807, 2.05) is 0 Å². The number of hydrogen-bond acceptors (Lipinski definition) is 10. The van der Waals surface area contributed by atoms with Gasteiger partial charge in [0.1, 0.15) is 23.2 Å². The Hall–Kier alpha value is -3.36. The van der Waals surface area contributed by atoms with Crippen molar-refractivity contribution in [1.29, 1.82) is 0 Å². The molecule has 4 N–H and O–H groups in total. The highest BCUT2D eigenvalue weighted by molar-refractivity contribution is 8.00. The number of carbonyl (C=O) groups is 4. The van der Waals surface area contributed by atoms with Gasteiger partial charge in [0.05, 0.1) is 11.7 Å². The molecule has 2 aliphatic rings. The van der Waals surface area contributed by atoms with Gasteiger partial charge in [-0.25, -0.2) is 13.2 Å². The summed E-state index contributed by atoms with van der Waals surface area (Å²) in [4.78, 5) is 51.8. The molecule has 0 radical (unpaired) electrons. The Morgan fingerprint density at radius 2 is 1.97 bits per heavy atom. The number of anilines is 1. The van der Waals surface area contributed by atoms with E-state index in [0.29, 0.717) is 16.9 Å². The molecule has 0 bridgehead atoms. The van der Waals surface area contributed by atoms with Gasteiger partial charge >= 0.3 is 11.9 Å². The van der Waals surface area contributed by atoms with Crippen molar-refractivity contribution >= 4 is 51.2 Å². The molecule has 38 heavy (non-hydrogen) atoms. The average molecular weight is 567 g/mol. The zero-order chi connectivity index (χ0) is 28.4. The maximum absolute atomic E-state index is 13.0. The monoisotopic (exact) mass is 566 g/mol. The lowest BCUT2D eigenvalue weighted by atomic mass is 9.98. The molecule has 1 unspecified atom stereocenters. The fourth-order valence-corrected chi connectivity index (χ4v) is 5.51. The SMILES string of the molecule is C=CC1=C(C(=O)OCOC(=O)C(C)(C)C)N2C(=O)C(NC(=O)[C@H](N)c3cccc(NS(C)(=O)=O)c3)[C@H]2SC1. The second-order valence-electron chi connectivity index (χ2n) is 9.68. The molecule has 2 heterocycles. The molecule has 12 nitrogen and oxygen atoms in total. The highest BCUT2D eigenvalue weighted by atomic mass is 32.2. The summed E-state index contributed by atoms with van der Waals surface area (Å²) in [6.07, 6.45) is 2.43. The smallest absolute Gasteiger partial charge is 0.358 e. The van der Waals surface area contributed by atoms with Gasteiger partial charge in [0, 0.05) is 11.4 Å². The van der Waals surface area contributed by atoms with E-state index >= 15 is 0 Å². The molecule has 3 atom stereocenters. The van der Waals surface area contributed by atoms with Crippen LogP contribution in [0.2, 0.25) is 0 Å². The van der Waals surface area contributed by atoms with E-state index < -0.39 is 63.4 Å². The summed E-state index contributed by atoms with van der Waals surface area (Å²) in [6, 6.07) is 3.89. The lowest BCUT2D eigenvalue weighted by molar-refractivity contribution is -0.173. The third-order valence-corrected chi connectivity index (χ3v) is 7.47. The van der Waals surface area contributed by atoms with E-state index in [1.165, 1.54) is 34.9 Å². The molecular formula is C24H30N4O8S2. The third kappa shape index (κ3) is 6.55. The number of nitrogens with two attached hydrogens (primary N) is 1. The number of hydrogen-bond donors (Lipinski definition) is 3. The largest absolute Gasteiger partial charge is 0.427 e. The minimum Gasteiger partial charge on any atom is -0.427 e. The third-order valence-electron chi connectivity index (χ3n) is 5.56. The van der Waals surface area contributed by atoms with Crippen LogP contribution in [0.5, 0.6) is 0 Å². The second-order valence-corrected chi connectivity index (χ2v) is 12.5. The van der Waals surface area contributed by atoms with Crippen molar-refractivity contribution in [3.63, 3.8) is 0 Å². The number of amides is 2. The number of β-lactam (4-membered cyclic amide) rings is 1. The van der Waals surface area contributed by atoms with Crippen LogP contribution < -0.4 is 15.8 Å². The molecule has 0 aliphatic carbocycles. The summed E-state index contributed by atoms with van der Waals surface area (Å²) < 4.78 is 35.4. The summed E-state index contributed by atoms with van der Waals surface area (Å²) in [5.74, 6) is -2.30. The fraction of sp³-hybridized carbons (Fsp3) is 0.417. The summed E-state index contributed by atoms with van der Waals surface area (Å²) in [6.45, 7) is 8.03. The van der Waals surface area contributed by atoms with E-state index in [4.69, 9.17) is 15.2 Å². The number of fused-ring (bicyclic) bond motifs is 1. The summed E-state index contributed by atoms with van der Waals surface area (Å²) >= 11 is 1.32. The lowest BCUT2D eigenvalue weighted by Crippen LogP contribution is -2.71. The van der Waals surface area contributed by atoms with E-state index in [2.05, 4.69) is 16.6 Å². The summed E-state index contributed by atoms with van der Waals surface area (Å²) in [7, 11) is -3.53. The first kappa shape index (κ1) is 29.2. The Morgan fingerprint density at radius 1 is 1.29 bits per heavy atom. The van der Waals surface area contributed by atoms with Crippen LogP contribution in [0.1, 0.15) is 32.4 Å². The molecule has 2 aliphatic heterocycles. The maximum Gasteiger partial charge on any atom is 0.358 e. The normalized spacial score (nSPS) is 20.0. The molecule has 0 aromatic heterocycles. The topological polar surface area (TPSA) is 174 Å². The van der Waals surface area contributed by atoms with Crippen molar-refractivity contribution in [2.24, 2.45) is 11.1 Å². The zero-order valence-corrected chi connectivity index (χ0v) is 23.0. The van der Waals surface area contributed by atoms with Gasteiger partial charge in [-0.1, -0.05) is 24.8 Å². The van der Waals surface area contributed by atoms with Gasteiger partial charge < -0.3 is 20.5 Å². The van der Waals surface area contributed by atoms with E-state index in [-0.39, 0.29) is 11.4 Å². The summed E-state index contributed by atoms with van der Waals surface area (Å²) in [5, 5.41) is 2.02. The highest BCUT2D eigenvalue weighted by Gasteiger charge is 2.54. The molecule has 14 heteroatoms. The van der Waals surface area contributed by atoms with Crippen LogP contribution in [-0.2, 0) is 38.7 Å². The van der Waals surface area contributed by atoms with Crippen LogP contribution in [0.3, 0.4) is 0 Å². The van der Waals surface area contributed by atoms with Crippen LogP contribution in [0, 0.1) is 5.41 Å². The van der Waals surface area contributed by atoms with Crippen LogP contribution in [0.15, 0.2) is 48.2 Å². The Bertz CT molecular complexity index is 1300. The number of nitrogens with zero attached hydrogens (tertiary/aromatic N) is 1. The number of nitrogens with one attached hydrogen (secondary N) is 2. The Balaban J connectivity index is 1.67. The second kappa shape index (κ2) is 11.2. The molecule has 1 fully saturated rings. The van der Waals surface area contributed by atoms with Gasteiger partial charge in [0.25, 0.3) is 5.91 Å². The number of carbonyl (C=O) groups excluding carboxylic acids is 4. The predicted molar refractivity (Wildman–Crippen MR) is 141 cm³/mol. The Labute approximate surface area is 225 Å². The van der Waals surface area contributed by atoms with Gasteiger partial charge in [-0.05, 0) is 44.0 Å². The number of rotatable bonds is 9. The quantitative estimate of drug-likeness (QED) is 0.222. The van der Waals surface area contributed by atoms with Gasteiger partial charge in [-0.3, -0.25) is 24.0 Å². The Kier molecular flexibility index (Phi) is 8.58. The standard InChI is InChI=1S/C24H30N4O8S2/c1-6-13-11-37-21-17(20(30)28(21)18(13)22(31)35-12-36-23(32)24(2,3)4)26-19(29)16(25)14-8-7-9-15(10-14)27-38(5,33)34/h6-10,16-17,21,27H,1,11-12,25H2,2-5H3,(H,26,29)/t16-,17?,21-/m1/s1. The van der Waals surface area contributed by atoms with Crippen LogP contribution >= 0.6 is 11.8 Å². The molecule has 3 rings (SSSR count). The first-order chi connectivity index (χ1) is 17.6. The lowest BCUT2D eigenvalue weighted by Gasteiger charge is -2.49. The van der Waals surface area contributed by atoms with Crippen molar-refractivity contribution in [3.05, 3.63) is 53.8 Å². The molecule has 1 saturated heterocycles. The molecule has 206 valence electrons. The van der Waals surface area contributed by atoms with E-state index in [9.17, 15) is 27.6 Å². The van der Waals surface area contributed by atoms with E-state index in [0.717, 1.165) is 6.26 Å². The molecule has 2 amide bonds. The minimum atomic E-state index is -3.53. The first-order valence-electron chi connectivity index (χ1n) is 11.4. The van der Waals surface area contributed by atoms with Crippen molar-refractivity contribution < 1.29 is 37.1 Å².